The highest BCUT2D eigenvalue weighted by Gasteiger charge is 2.29. The van der Waals surface area contributed by atoms with Gasteiger partial charge in [-0.2, -0.15) is 0 Å². The van der Waals surface area contributed by atoms with Crippen molar-refractivity contribution in [2.75, 3.05) is 19.0 Å². The molecule has 3 rings (SSSR count). The Kier molecular flexibility index (Phi) is 3.01. The molecule has 1 aliphatic carbocycles. The Labute approximate surface area is 112 Å². The molecule has 0 N–H and O–H groups in total. The van der Waals surface area contributed by atoms with Crippen LogP contribution in [-0.2, 0) is 6.42 Å². The molecule has 100 valence electrons. The molecule has 1 heterocycles. The second-order valence-electron chi connectivity index (χ2n) is 5.24. The maximum atomic E-state index is 13.0. The van der Waals surface area contributed by atoms with Crippen molar-refractivity contribution in [1.82, 2.24) is 5.16 Å². The van der Waals surface area contributed by atoms with E-state index in [9.17, 15) is 4.39 Å². The van der Waals surface area contributed by atoms with Crippen LogP contribution in [0.15, 0.2) is 28.8 Å². The first-order valence-electron chi connectivity index (χ1n) is 6.58. The van der Waals surface area contributed by atoms with Gasteiger partial charge < -0.3 is 9.42 Å². The van der Waals surface area contributed by atoms with E-state index in [0.29, 0.717) is 0 Å². The summed E-state index contributed by atoms with van der Waals surface area (Å²) in [5.41, 5.74) is 3.33. The molecule has 1 unspecified atom stereocenters. The standard InChI is InChI=1S/C15H17FN2O/c1-18(2)15-13-5-3-4-12(14(13)17-19-15)10-6-8-11(16)9-7-10/h6-9,12H,3-5H2,1-2H3. The summed E-state index contributed by atoms with van der Waals surface area (Å²) in [4.78, 5) is 1.96. The molecule has 1 atom stereocenters. The van der Waals surface area contributed by atoms with Gasteiger partial charge in [-0.05, 0) is 37.0 Å². The van der Waals surface area contributed by atoms with Crippen LogP contribution in [0, 0.1) is 5.82 Å². The number of anilines is 1. The van der Waals surface area contributed by atoms with Crippen molar-refractivity contribution in [3.05, 3.63) is 46.9 Å². The largest absolute Gasteiger partial charge is 0.347 e. The normalized spacial score (nSPS) is 18.2. The molecule has 0 saturated heterocycles. The van der Waals surface area contributed by atoms with Crippen LogP contribution in [-0.4, -0.2) is 19.3 Å². The number of benzene rings is 1. The Bertz CT molecular complexity index is 574. The first kappa shape index (κ1) is 12.2. The fraction of sp³-hybridized carbons (Fsp3) is 0.400. The monoisotopic (exact) mass is 260 g/mol. The number of fused-ring (bicyclic) bond motifs is 1. The van der Waals surface area contributed by atoms with Gasteiger partial charge in [0.05, 0.1) is 5.69 Å². The average molecular weight is 260 g/mol. The van der Waals surface area contributed by atoms with Crippen LogP contribution in [0.4, 0.5) is 10.3 Å². The van der Waals surface area contributed by atoms with E-state index in [1.807, 2.05) is 31.1 Å². The lowest BCUT2D eigenvalue weighted by molar-refractivity contribution is 0.411. The van der Waals surface area contributed by atoms with Crippen LogP contribution >= 0.6 is 0 Å². The van der Waals surface area contributed by atoms with Crippen LogP contribution < -0.4 is 4.90 Å². The molecule has 19 heavy (non-hydrogen) atoms. The molecule has 0 spiro atoms. The second-order valence-corrected chi connectivity index (χ2v) is 5.24. The topological polar surface area (TPSA) is 29.3 Å². The quantitative estimate of drug-likeness (QED) is 0.829. The van der Waals surface area contributed by atoms with Gasteiger partial charge in [0.15, 0.2) is 0 Å². The van der Waals surface area contributed by atoms with Crippen molar-refractivity contribution in [1.29, 1.82) is 0 Å². The summed E-state index contributed by atoms with van der Waals surface area (Å²) in [6.07, 6.45) is 3.15. The minimum absolute atomic E-state index is 0.200. The van der Waals surface area contributed by atoms with E-state index in [-0.39, 0.29) is 11.7 Å². The molecular weight excluding hydrogens is 243 g/mol. The molecule has 1 aliphatic rings. The van der Waals surface area contributed by atoms with Crippen LogP contribution in [0.5, 0.6) is 0 Å². The summed E-state index contributed by atoms with van der Waals surface area (Å²) in [5.74, 6) is 0.873. The lowest BCUT2D eigenvalue weighted by Crippen LogP contribution is -2.14. The summed E-state index contributed by atoms with van der Waals surface area (Å²) in [6.45, 7) is 0. The summed E-state index contributed by atoms with van der Waals surface area (Å²) in [6, 6.07) is 6.71. The first-order valence-corrected chi connectivity index (χ1v) is 6.58. The number of rotatable bonds is 2. The van der Waals surface area contributed by atoms with E-state index in [0.717, 1.165) is 36.4 Å². The maximum absolute atomic E-state index is 13.0. The molecule has 3 nitrogen and oxygen atoms in total. The van der Waals surface area contributed by atoms with Crippen LogP contribution in [0.2, 0.25) is 0 Å². The molecule has 0 saturated carbocycles. The average Bonchev–Trinajstić information content (AvgIpc) is 2.83. The van der Waals surface area contributed by atoms with Gasteiger partial charge in [-0.25, -0.2) is 4.39 Å². The molecule has 0 amide bonds. The maximum Gasteiger partial charge on any atom is 0.230 e. The van der Waals surface area contributed by atoms with E-state index in [4.69, 9.17) is 4.52 Å². The Balaban J connectivity index is 2.01. The zero-order chi connectivity index (χ0) is 13.4. The third-order valence-electron chi connectivity index (χ3n) is 3.73. The molecule has 2 aromatic rings. The predicted molar refractivity (Wildman–Crippen MR) is 72.0 cm³/mol. The van der Waals surface area contributed by atoms with Gasteiger partial charge in [-0.3, -0.25) is 0 Å². The summed E-state index contributed by atoms with van der Waals surface area (Å²) >= 11 is 0. The van der Waals surface area contributed by atoms with Crippen LogP contribution in [0.1, 0.15) is 35.6 Å². The van der Waals surface area contributed by atoms with Gasteiger partial charge in [0.1, 0.15) is 5.82 Å². The third-order valence-corrected chi connectivity index (χ3v) is 3.73. The Morgan fingerprint density at radius 1 is 1.26 bits per heavy atom. The molecular formula is C15H17FN2O. The smallest absolute Gasteiger partial charge is 0.230 e. The minimum atomic E-state index is -0.200. The van der Waals surface area contributed by atoms with Crippen molar-refractivity contribution in [3.8, 4) is 0 Å². The van der Waals surface area contributed by atoms with E-state index in [1.54, 1.807) is 0 Å². The highest BCUT2D eigenvalue weighted by atomic mass is 19.1. The molecule has 0 fully saturated rings. The predicted octanol–water partition coefficient (Wildman–Crippen LogP) is 3.35. The van der Waals surface area contributed by atoms with E-state index in [2.05, 4.69) is 5.16 Å². The zero-order valence-electron chi connectivity index (χ0n) is 11.2. The highest BCUT2D eigenvalue weighted by molar-refractivity contribution is 5.49. The van der Waals surface area contributed by atoms with Crippen LogP contribution in [0.25, 0.3) is 0 Å². The van der Waals surface area contributed by atoms with Crippen molar-refractivity contribution < 1.29 is 8.91 Å². The SMILES string of the molecule is CN(C)c1onc2c1CCCC2c1ccc(F)cc1. The summed E-state index contributed by atoms with van der Waals surface area (Å²) in [7, 11) is 3.92. The van der Waals surface area contributed by atoms with Gasteiger partial charge in [0.2, 0.25) is 5.88 Å². The summed E-state index contributed by atoms with van der Waals surface area (Å²) in [5, 5.41) is 4.25. The van der Waals surface area contributed by atoms with E-state index >= 15 is 0 Å². The summed E-state index contributed by atoms with van der Waals surface area (Å²) < 4.78 is 18.5. The van der Waals surface area contributed by atoms with E-state index < -0.39 is 0 Å². The Morgan fingerprint density at radius 3 is 2.68 bits per heavy atom. The molecule has 1 aromatic heterocycles. The fourth-order valence-corrected chi connectivity index (χ4v) is 2.81. The number of aromatic nitrogens is 1. The van der Waals surface area contributed by atoms with Gasteiger partial charge >= 0.3 is 0 Å². The lowest BCUT2D eigenvalue weighted by Gasteiger charge is -2.22. The van der Waals surface area contributed by atoms with E-state index in [1.165, 1.54) is 17.7 Å². The lowest BCUT2D eigenvalue weighted by atomic mass is 9.83. The second kappa shape index (κ2) is 4.68. The van der Waals surface area contributed by atoms with Crippen molar-refractivity contribution in [2.45, 2.75) is 25.2 Å². The van der Waals surface area contributed by atoms with Crippen molar-refractivity contribution >= 4 is 5.88 Å². The number of hydrogen-bond donors (Lipinski definition) is 0. The fourth-order valence-electron chi connectivity index (χ4n) is 2.81. The first-order chi connectivity index (χ1) is 9.16. The Hall–Kier alpha value is -1.84. The molecule has 0 bridgehead atoms. The number of halogens is 1. The Morgan fingerprint density at radius 2 is 2.00 bits per heavy atom. The molecule has 0 aliphatic heterocycles. The molecule has 1 aromatic carbocycles. The minimum Gasteiger partial charge on any atom is -0.347 e. The van der Waals surface area contributed by atoms with Crippen LogP contribution in [0.3, 0.4) is 0 Å². The van der Waals surface area contributed by atoms with Gasteiger partial charge in [0.25, 0.3) is 0 Å². The van der Waals surface area contributed by atoms with Gasteiger partial charge in [-0.1, -0.05) is 17.3 Å². The van der Waals surface area contributed by atoms with Gasteiger partial charge in [0, 0.05) is 25.6 Å². The van der Waals surface area contributed by atoms with Crippen molar-refractivity contribution in [2.24, 2.45) is 0 Å². The van der Waals surface area contributed by atoms with Crippen molar-refractivity contribution in [3.63, 3.8) is 0 Å². The molecule has 4 heteroatoms. The zero-order valence-corrected chi connectivity index (χ0v) is 11.2. The third kappa shape index (κ3) is 2.11. The molecule has 0 radical (unpaired) electrons. The number of hydrogen-bond acceptors (Lipinski definition) is 3. The number of nitrogens with zero attached hydrogens (tertiary/aromatic N) is 2. The van der Waals surface area contributed by atoms with Gasteiger partial charge in [-0.15, -0.1) is 0 Å². The highest BCUT2D eigenvalue weighted by Crippen LogP contribution is 2.39.